The number of fused-ring (bicyclic) bond motifs is 2. The fraction of sp³-hybridized carbons (Fsp3) is 0.435. The lowest BCUT2D eigenvalue weighted by Crippen LogP contribution is -2.70. The van der Waals surface area contributed by atoms with E-state index in [4.69, 9.17) is 4.74 Å². The van der Waals surface area contributed by atoms with Gasteiger partial charge in [-0.1, -0.05) is 42.5 Å². The molecule has 1 N–H and O–H groups in total. The summed E-state index contributed by atoms with van der Waals surface area (Å²) < 4.78 is 5.04. The summed E-state index contributed by atoms with van der Waals surface area (Å²) in [5, 5.41) is 5.17. The second-order valence-corrected chi connectivity index (χ2v) is 8.21. The molecule has 0 saturated carbocycles. The molecule has 2 aliphatic heterocycles. The van der Waals surface area contributed by atoms with Gasteiger partial charge in [0, 0.05) is 19.9 Å². The molecule has 2 aliphatic rings. The van der Waals surface area contributed by atoms with Crippen LogP contribution in [0.5, 0.6) is 0 Å². The van der Waals surface area contributed by atoms with E-state index in [0.717, 1.165) is 22.8 Å². The Bertz CT molecular complexity index is 988. The summed E-state index contributed by atoms with van der Waals surface area (Å²) in [6.45, 7) is 1.94. The van der Waals surface area contributed by atoms with Crippen molar-refractivity contribution in [2.75, 3.05) is 13.7 Å². The van der Waals surface area contributed by atoms with Crippen molar-refractivity contribution in [3.05, 3.63) is 48.0 Å². The topological polar surface area (TPSA) is 75.7 Å². The number of hydrogen-bond donors (Lipinski definition) is 1. The number of nitrogens with one attached hydrogen (secondary N) is 1. The molecule has 0 radical (unpaired) electrons. The van der Waals surface area contributed by atoms with Gasteiger partial charge >= 0.3 is 5.97 Å². The van der Waals surface area contributed by atoms with Gasteiger partial charge in [-0.15, -0.1) is 0 Å². The highest BCUT2D eigenvalue weighted by atomic mass is 16.5. The first-order chi connectivity index (χ1) is 13.9. The van der Waals surface area contributed by atoms with Crippen molar-refractivity contribution in [1.29, 1.82) is 0 Å². The van der Waals surface area contributed by atoms with E-state index in [2.05, 4.69) is 11.4 Å². The normalized spacial score (nSPS) is 26.3. The highest BCUT2D eigenvalue weighted by molar-refractivity contribution is 5.97. The molecule has 6 nitrogen and oxygen atoms in total. The molecular weight excluding hydrogens is 368 g/mol. The SMILES string of the molecule is COC(=O)[C@]12CCCN1C(=O)[C@](Cc1ccc3ccccc3c1)(NC(C)=O)CC2. The highest BCUT2D eigenvalue weighted by Crippen LogP contribution is 2.43. The fourth-order valence-corrected chi connectivity index (χ4v) is 5.08. The summed E-state index contributed by atoms with van der Waals surface area (Å²) in [5.74, 6) is -0.788. The minimum absolute atomic E-state index is 0.185. The van der Waals surface area contributed by atoms with Crippen LogP contribution in [0.1, 0.15) is 38.2 Å². The first-order valence-electron chi connectivity index (χ1n) is 10.1. The van der Waals surface area contributed by atoms with Crippen molar-refractivity contribution in [3.8, 4) is 0 Å². The van der Waals surface area contributed by atoms with Crippen LogP contribution in [-0.2, 0) is 25.5 Å². The summed E-state index contributed by atoms with van der Waals surface area (Å²) >= 11 is 0. The minimum atomic E-state index is -1.05. The van der Waals surface area contributed by atoms with E-state index < -0.39 is 11.1 Å². The van der Waals surface area contributed by atoms with Crippen LogP contribution < -0.4 is 5.32 Å². The molecule has 2 aromatic carbocycles. The molecule has 0 spiro atoms. The van der Waals surface area contributed by atoms with E-state index in [-0.39, 0.29) is 17.8 Å². The van der Waals surface area contributed by atoms with Gasteiger partial charge in [-0.05, 0) is 42.0 Å². The second-order valence-electron chi connectivity index (χ2n) is 8.21. The first kappa shape index (κ1) is 19.4. The number of hydrogen-bond acceptors (Lipinski definition) is 4. The van der Waals surface area contributed by atoms with Gasteiger partial charge in [-0.25, -0.2) is 4.79 Å². The van der Waals surface area contributed by atoms with Crippen LogP contribution in [0.15, 0.2) is 42.5 Å². The largest absolute Gasteiger partial charge is 0.467 e. The minimum Gasteiger partial charge on any atom is -0.467 e. The lowest BCUT2D eigenvalue weighted by atomic mass is 9.74. The van der Waals surface area contributed by atoms with Crippen LogP contribution in [0.25, 0.3) is 10.8 Å². The van der Waals surface area contributed by atoms with Gasteiger partial charge in [0.25, 0.3) is 0 Å². The Morgan fingerprint density at radius 3 is 2.59 bits per heavy atom. The zero-order valence-electron chi connectivity index (χ0n) is 16.9. The number of ether oxygens (including phenoxy) is 1. The third-order valence-electron chi connectivity index (χ3n) is 6.41. The number of nitrogens with zero attached hydrogens (tertiary/aromatic N) is 1. The number of carbonyl (C=O) groups is 3. The molecule has 0 aliphatic carbocycles. The maximum absolute atomic E-state index is 13.7. The average Bonchev–Trinajstić information content (AvgIpc) is 3.16. The second kappa shape index (κ2) is 7.17. The molecule has 29 heavy (non-hydrogen) atoms. The molecule has 2 amide bonds. The number of rotatable bonds is 4. The Morgan fingerprint density at radius 2 is 1.86 bits per heavy atom. The maximum atomic E-state index is 13.7. The van der Waals surface area contributed by atoms with Gasteiger partial charge in [0.1, 0.15) is 11.1 Å². The molecule has 2 atom stereocenters. The summed E-state index contributed by atoms with van der Waals surface area (Å²) in [7, 11) is 1.36. The van der Waals surface area contributed by atoms with Crippen LogP contribution in [0, 0.1) is 0 Å². The number of esters is 1. The van der Waals surface area contributed by atoms with E-state index >= 15 is 0 Å². The standard InChI is InChI=1S/C23H26N2O4/c1-16(26)24-22(15-17-8-9-18-6-3-4-7-19(18)14-17)11-12-23(21(28)29-2)10-5-13-25(23)20(22)27/h3-4,6-9,14H,5,10-13,15H2,1-2H3,(H,24,26)/t22-,23+/m0/s1. The van der Waals surface area contributed by atoms with Crippen molar-refractivity contribution < 1.29 is 19.1 Å². The zero-order valence-corrected chi connectivity index (χ0v) is 16.9. The van der Waals surface area contributed by atoms with Crippen molar-refractivity contribution >= 4 is 28.6 Å². The van der Waals surface area contributed by atoms with E-state index in [1.807, 2.05) is 36.4 Å². The molecule has 2 saturated heterocycles. The molecule has 0 bridgehead atoms. The molecule has 2 aromatic rings. The number of methoxy groups -OCH3 is 1. The maximum Gasteiger partial charge on any atom is 0.331 e. The third-order valence-corrected chi connectivity index (χ3v) is 6.41. The Morgan fingerprint density at radius 1 is 1.10 bits per heavy atom. The Balaban J connectivity index is 1.71. The van der Waals surface area contributed by atoms with Crippen molar-refractivity contribution in [3.63, 3.8) is 0 Å². The molecule has 2 heterocycles. The molecule has 4 rings (SSSR count). The lowest BCUT2D eigenvalue weighted by molar-refractivity contribution is -0.168. The smallest absolute Gasteiger partial charge is 0.331 e. The van der Waals surface area contributed by atoms with Crippen LogP contribution in [-0.4, -0.2) is 47.4 Å². The number of piperidine rings is 1. The Hall–Kier alpha value is -2.89. The molecule has 2 fully saturated rings. The van der Waals surface area contributed by atoms with Crippen molar-refractivity contribution in [1.82, 2.24) is 10.2 Å². The number of benzene rings is 2. The fourth-order valence-electron chi connectivity index (χ4n) is 5.08. The zero-order chi connectivity index (χ0) is 20.6. The first-order valence-corrected chi connectivity index (χ1v) is 10.1. The van der Waals surface area contributed by atoms with Crippen LogP contribution >= 0.6 is 0 Å². The van der Waals surface area contributed by atoms with E-state index in [1.54, 1.807) is 4.90 Å². The van der Waals surface area contributed by atoms with Crippen LogP contribution in [0.3, 0.4) is 0 Å². The van der Waals surface area contributed by atoms with Crippen molar-refractivity contribution in [2.24, 2.45) is 0 Å². The summed E-state index contributed by atoms with van der Waals surface area (Å²) in [4.78, 5) is 39.9. The Labute approximate surface area is 170 Å². The van der Waals surface area contributed by atoms with E-state index in [0.29, 0.717) is 32.2 Å². The number of carbonyl (C=O) groups excluding carboxylic acids is 3. The van der Waals surface area contributed by atoms with Crippen LogP contribution in [0.4, 0.5) is 0 Å². The summed E-state index contributed by atoms with van der Waals surface area (Å²) in [5.41, 5.74) is -0.955. The molecule has 6 heteroatoms. The number of amides is 2. The molecule has 0 aromatic heterocycles. The highest BCUT2D eigenvalue weighted by Gasteiger charge is 2.59. The third kappa shape index (κ3) is 3.16. The van der Waals surface area contributed by atoms with Crippen molar-refractivity contribution in [2.45, 2.75) is 50.1 Å². The van der Waals surface area contributed by atoms with Gasteiger partial charge in [0.2, 0.25) is 11.8 Å². The summed E-state index contributed by atoms with van der Waals surface area (Å²) in [6, 6.07) is 14.2. The molecule has 152 valence electrons. The lowest BCUT2D eigenvalue weighted by Gasteiger charge is -2.48. The molecule has 0 unspecified atom stereocenters. The van der Waals surface area contributed by atoms with E-state index in [1.165, 1.54) is 14.0 Å². The predicted octanol–water partition coefficient (Wildman–Crippen LogP) is 2.59. The van der Waals surface area contributed by atoms with Gasteiger partial charge in [-0.2, -0.15) is 0 Å². The Kier molecular flexibility index (Phi) is 4.81. The quantitative estimate of drug-likeness (QED) is 0.809. The van der Waals surface area contributed by atoms with E-state index in [9.17, 15) is 14.4 Å². The van der Waals surface area contributed by atoms with Gasteiger partial charge in [-0.3, -0.25) is 9.59 Å². The predicted molar refractivity (Wildman–Crippen MR) is 109 cm³/mol. The van der Waals surface area contributed by atoms with Gasteiger partial charge < -0.3 is 15.0 Å². The monoisotopic (exact) mass is 394 g/mol. The molecular formula is C23H26N2O4. The van der Waals surface area contributed by atoms with Gasteiger partial charge in [0.05, 0.1) is 7.11 Å². The summed E-state index contributed by atoms with van der Waals surface area (Å²) in [6.07, 6.45) is 2.65. The van der Waals surface area contributed by atoms with Gasteiger partial charge in [0.15, 0.2) is 0 Å². The average molecular weight is 394 g/mol. The van der Waals surface area contributed by atoms with Crippen LogP contribution in [0.2, 0.25) is 0 Å².